The zero-order valence-electron chi connectivity index (χ0n) is 5.58. The van der Waals surface area contributed by atoms with Crippen molar-refractivity contribution in [2.24, 2.45) is 0 Å². The van der Waals surface area contributed by atoms with E-state index in [1.165, 1.54) is 11.2 Å². The quantitative estimate of drug-likeness (QED) is 0.423. The van der Waals surface area contributed by atoms with E-state index < -0.39 is 0 Å². The van der Waals surface area contributed by atoms with Gasteiger partial charge in [-0.25, -0.2) is 0 Å². The minimum absolute atomic E-state index is 0.0349. The van der Waals surface area contributed by atoms with Crippen molar-refractivity contribution >= 4 is 18.0 Å². The van der Waals surface area contributed by atoms with Crippen LogP contribution in [0.4, 0.5) is 0 Å². The first-order valence-electron chi connectivity index (χ1n) is 2.97. The molecular formula is C6H8ClNO2. The predicted octanol–water partition coefficient (Wildman–Crippen LogP) is 0.901. The second-order valence-corrected chi connectivity index (χ2v) is 2.53. The Kier molecular flexibility index (Phi) is 2.17. The fraction of sp³-hybridized carbons (Fsp3) is 0.500. The first kappa shape index (κ1) is 7.41. The molecule has 0 bridgehead atoms. The van der Waals surface area contributed by atoms with Gasteiger partial charge in [0, 0.05) is 0 Å². The summed E-state index contributed by atoms with van der Waals surface area (Å²) in [6.07, 6.45) is 2.11. The lowest BCUT2D eigenvalue weighted by Crippen LogP contribution is -2.32. The summed E-state index contributed by atoms with van der Waals surface area (Å²) in [5.41, 5.74) is 0. The van der Waals surface area contributed by atoms with Crippen molar-refractivity contribution in [3.8, 4) is 0 Å². The highest BCUT2D eigenvalue weighted by molar-refractivity contribution is 6.29. The molecule has 1 atom stereocenters. The van der Waals surface area contributed by atoms with Crippen LogP contribution in [0.1, 0.15) is 6.92 Å². The Labute approximate surface area is 64.2 Å². The van der Waals surface area contributed by atoms with E-state index in [9.17, 15) is 4.79 Å². The summed E-state index contributed by atoms with van der Waals surface area (Å²) in [5.74, 6) is 0. The lowest BCUT2D eigenvalue weighted by molar-refractivity contribution is -0.118. The molecule has 0 aromatic heterocycles. The van der Waals surface area contributed by atoms with E-state index in [1.54, 1.807) is 0 Å². The van der Waals surface area contributed by atoms with Crippen LogP contribution in [0.25, 0.3) is 0 Å². The fourth-order valence-corrected chi connectivity index (χ4v) is 0.901. The van der Waals surface area contributed by atoms with Gasteiger partial charge in [0.15, 0.2) is 0 Å². The third kappa shape index (κ3) is 1.42. The molecule has 1 heterocycles. The molecule has 1 unspecified atom stereocenters. The molecule has 0 aliphatic carbocycles. The summed E-state index contributed by atoms with van der Waals surface area (Å²) in [5, 5.41) is 0.341. The molecule has 1 aliphatic rings. The van der Waals surface area contributed by atoms with Crippen LogP contribution in [0.5, 0.6) is 0 Å². The molecule has 4 heteroatoms. The van der Waals surface area contributed by atoms with Gasteiger partial charge in [0.1, 0.15) is 17.5 Å². The van der Waals surface area contributed by atoms with Gasteiger partial charge in [0.25, 0.3) is 0 Å². The molecule has 0 saturated carbocycles. The first-order valence-corrected chi connectivity index (χ1v) is 3.35. The average molecular weight is 162 g/mol. The highest BCUT2D eigenvalue weighted by atomic mass is 35.5. The Morgan fingerprint density at radius 3 is 3.20 bits per heavy atom. The van der Waals surface area contributed by atoms with E-state index in [2.05, 4.69) is 0 Å². The zero-order chi connectivity index (χ0) is 7.56. The summed E-state index contributed by atoms with van der Waals surface area (Å²) < 4.78 is 5.03. The van der Waals surface area contributed by atoms with Crippen LogP contribution in [0.3, 0.4) is 0 Å². The highest BCUT2D eigenvalue weighted by Crippen LogP contribution is 2.14. The molecule has 0 saturated heterocycles. The number of ether oxygens (including phenoxy) is 1. The minimum Gasteiger partial charge on any atom is -0.493 e. The summed E-state index contributed by atoms with van der Waals surface area (Å²) in [7, 11) is 0. The van der Waals surface area contributed by atoms with Crippen LogP contribution in [-0.2, 0) is 9.53 Å². The number of carbonyl (C=O) groups is 1. The Morgan fingerprint density at radius 2 is 2.70 bits per heavy atom. The van der Waals surface area contributed by atoms with Crippen molar-refractivity contribution in [3.05, 3.63) is 11.4 Å². The maximum Gasteiger partial charge on any atom is 0.215 e. The van der Waals surface area contributed by atoms with Gasteiger partial charge in [-0.2, -0.15) is 0 Å². The van der Waals surface area contributed by atoms with Crippen molar-refractivity contribution in [3.63, 3.8) is 0 Å². The van der Waals surface area contributed by atoms with Gasteiger partial charge >= 0.3 is 0 Å². The van der Waals surface area contributed by atoms with Gasteiger partial charge in [0.05, 0.1) is 6.54 Å². The highest BCUT2D eigenvalue weighted by Gasteiger charge is 2.16. The van der Waals surface area contributed by atoms with E-state index in [-0.39, 0.29) is 6.10 Å². The lowest BCUT2D eigenvalue weighted by Gasteiger charge is -2.25. The Balaban J connectivity index is 2.65. The smallest absolute Gasteiger partial charge is 0.215 e. The standard InChI is InChI=1S/C6H8ClNO2/c1-5-2-8(4-9)6(7)3-10-5/h3-5H,2H2,1H3. The van der Waals surface area contributed by atoms with Crippen LogP contribution in [-0.4, -0.2) is 24.0 Å². The molecule has 0 spiro atoms. The van der Waals surface area contributed by atoms with Gasteiger partial charge in [-0.1, -0.05) is 11.6 Å². The summed E-state index contributed by atoms with van der Waals surface area (Å²) >= 11 is 5.58. The van der Waals surface area contributed by atoms with Crippen molar-refractivity contribution in [1.29, 1.82) is 0 Å². The van der Waals surface area contributed by atoms with Gasteiger partial charge in [-0.3, -0.25) is 9.69 Å². The molecule has 0 N–H and O–H groups in total. The number of carbonyl (C=O) groups excluding carboxylic acids is 1. The average Bonchev–Trinajstić information content (AvgIpc) is 1.94. The van der Waals surface area contributed by atoms with Crippen molar-refractivity contribution in [2.75, 3.05) is 6.54 Å². The maximum atomic E-state index is 10.3. The monoisotopic (exact) mass is 161 g/mol. The van der Waals surface area contributed by atoms with E-state index in [1.807, 2.05) is 6.92 Å². The van der Waals surface area contributed by atoms with Crippen LogP contribution >= 0.6 is 11.6 Å². The van der Waals surface area contributed by atoms with E-state index in [4.69, 9.17) is 16.3 Å². The molecule has 56 valence electrons. The number of hydrogen-bond acceptors (Lipinski definition) is 2. The molecule has 3 nitrogen and oxygen atoms in total. The second kappa shape index (κ2) is 2.92. The normalized spacial score (nSPS) is 25.2. The molecule has 1 aliphatic heterocycles. The van der Waals surface area contributed by atoms with Crippen LogP contribution < -0.4 is 0 Å². The summed E-state index contributed by atoms with van der Waals surface area (Å²) in [6.45, 7) is 2.40. The minimum atomic E-state index is 0.0349. The van der Waals surface area contributed by atoms with Gasteiger partial charge < -0.3 is 4.74 Å². The molecule has 10 heavy (non-hydrogen) atoms. The predicted molar refractivity (Wildman–Crippen MR) is 37.3 cm³/mol. The molecule has 1 rings (SSSR count). The van der Waals surface area contributed by atoms with Gasteiger partial charge in [-0.05, 0) is 6.92 Å². The maximum absolute atomic E-state index is 10.3. The fourth-order valence-electron chi connectivity index (χ4n) is 0.741. The molecule has 0 aromatic rings. The number of nitrogens with zero attached hydrogens (tertiary/aromatic N) is 1. The Bertz CT molecular complexity index is 169. The second-order valence-electron chi connectivity index (χ2n) is 2.15. The number of hydrogen-bond donors (Lipinski definition) is 0. The Hall–Kier alpha value is -0.700. The first-order chi connectivity index (χ1) is 4.74. The molecule has 0 fully saturated rings. The zero-order valence-corrected chi connectivity index (χ0v) is 6.34. The van der Waals surface area contributed by atoms with Crippen LogP contribution in [0.2, 0.25) is 0 Å². The number of halogens is 1. The third-order valence-electron chi connectivity index (χ3n) is 1.25. The topological polar surface area (TPSA) is 29.5 Å². The van der Waals surface area contributed by atoms with Crippen LogP contribution in [0, 0.1) is 0 Å². The molecule has 1 amide bonds. The molecule has 0 radical (unpaired) electrons. The third-order valence-corrected chi connectivity index (χ3v) is 1.56. The summed E-state index contributed by atoms with van der Waals surface area (Å²) in [4.78, 5) is 11.7. The van der Waals surface area contributed by atoms with E-state index in [0.717, 1.165) is 0 Å². The van der Waals surface area contributed by atoms with Gasteiger partial charge in [-0.15, -0.1) is 0 Å². The van der Waals surface area contributed by atoms with E-state index >= 15 is 0 Å². The van der Waals surface area contributed by atoms with Crippen LogP contribution in [0.15, 0.2) is 11.4 Å². The summed E-state index contributed by atoms with van der Waals surface area (Å²) in [6, 6.07) is 0. The van der Waals surface area contributed by atoms with E-state index in [0.29, 0.717) is 18.1 Å². The SMILES string of the molecule is CC1CN(C=O)C(Cl)=CO1. The lowest BCUT2D eigenvalue weighted by atomic mass is 10.3. The largest absolute Gasteiger partial charge is 0.493 e. The number of amides is 1. The van der Waals surface area contributed by atoms with Gasteiger partial charge in [0.2, 0.25) is 6.41 Å². The Morgan fingerprint density at radius 1 is 2.00 bits per heavy atom. The van der Waals surface area contributed by atoms with Crippen molar-refractivity contribution in [1.82, 2.24) is 4.90 Å². The molecule has 0 aromatic carbocycles. The number of rotatable bonds is 1. The van der Waals surface area contributed by atoms with Crippen molar-refractivity contribution in [2.45, 2.75) is 13.0 Å². The van der Waals surface area contributed by atoms with Crippen molar-refractivity contribution < 1.29 is 9.53 Å². The molecular weight excluding hydrogens is 154 g/mol.